The van der Waals surface area contributed by atoms with Gasteiger partial charge in [0.25, 0.3) is 5.69 Å². The second kappa shape index (κ2) is 5.13. The third-order valence-corrected chi connectivity index (χ3v) is 1.93. The Kier molecular flexibility index (Phi) is 3.83. The van der Waals surface area contributed by atoms with Gasteiger partial charge in [-0.15, -0.1) is 0 Å². The number of nitrogens with zero attached hydrogens (tertiary/aromatic N) is 1. The van der Waals surface area contributed by atoms with Crippen molar-refractivity contribution in [2.75, 3.05) is 13.6 Å². The van der Waals surface area contributed by atoms with Gasteiger partial charge in [-0.2, -0.15) is 0 Å². The van der Waals surface area contributed by atoms with Crippen LogP contribution in [-0.2, 0) is 0 Å². The maximum Gasteiger partial charge on any atom is 0.285 e. The number of hydrogen-bond donors (Lipinski definition) is 1. The lowest BCUT2D eigenvalue weighted by molar-refractivity contribution is -0.385. The molecule has 1 rings (SSSR count). The van der Waals surface area contributed by atoms with Crippen molar-refractivity contribution in [1.82, 2.24) is 5.32 Å². The van der Waals surface area contributed by atoms with Gasteiger partial charge >= 0.3 is 0 Å². The number of hydrogen-bond acceptors (Lipinski definition) is 3. The fraction of sp³-hybridized carbons (Fsp3) is 0.273. The summed E-state index contributed by atoms with van der Waals surface area (Å²) in [4.78, 5) is 10.3. The van der Waals surface area contributed by atoms with E-state index in [2.05, 4.69) is 17.2 Å². The molecule has 78 valence electrons. The van der Waals surface area contributed by atoms with Crippen LogP contribution in [0.2, 0.25) is 0 Å². The molecule has 4 heteroatoms. The Morgan fingerprint density at radius 3 is 2.87 bits per heavy atom. The molecule has 1 aromatic rings. The minimum absolute atomic E-state index is 0.0682. The average Bonchev–Trinajstić information content (AvgIpc) is 2.20. The van der Waals surface area contributed by atoms with Gasteiger partial charge in [0, 0.05) is 6.07 Å². The summed E-state index contributed by atoms with van der Waals surface area (Å²) in [7, 11) is 1.78. The molecule has 0 saturated heterocycles. The third kappa shape index (κ3) is 2.79. The first kappa shape index (κ1) is 11.2. The molecule has 0 aliphatic carbocycles. The average molecular weight is 204 g/mol. The van der Waals surface area contributed by atoms with Gasteiger partial charge in [-0.05, 0) is 19.5 Å². The van der Waals surface area contributed by atoms with E-state index in [1.165, 1.54) is 6.07 Å². The number of nitro groups is 1. The molecule has 0 saturated carbocycles. The predicted molar refractivity (Wildman–Crippen MR) is 58.6 cm³/mol. The van der Waals surface area contributed by atoms with Crippen LogP contribution in [0, 0.1) is 28.9 Å². The first-order valence-corrected chi connectivity index (χ1v) is 4.54. The van der Waals surface area contributed by atoms with Gasteiger partial charge in [0.05, 0.1) is 11.5 Å². The van der Waals surface area contributed by atoms with Crippen LogP contribution >= 0.6 is 0 Å². The summed E-state index contributed by atoms with van der Waals surface area (Å²) in [6.07, 6.45) is 0. The summed E-state index contributed by atoms with van der Waals surface area (Å²) in [6, 6.07) is 4.95. The van der Waals surface area contributed by atoms with Gasteiger partial charge in [-0.1, -0.05) is 24.0 Å². The molecule has 0 unspecified atom stereocenters. The lowest BCUT2D eigenvalue weighted by Gasteiger charge is -1.98. The molecule has 0 aromatic heterocycles. The molecular weight excluding hydrogens is 192 g/mol. The SMILES string of the molecule is CNCC#Cc1c(C)cccc1[N+](=O)[O-]. The zero-order chi connectivity index (χ0) is 11.3. The van der Waals surface area contributed by atoms with Gasteiger partial charge in [-0.3, -0.25) is 10.1 Å². The van der Waals surface area contributed by atoms with E-state index in [-0.39, 0.29) is 5.69 Å². The monoisotopic (exact) mass is 204 g/mol. The lowest BCUT2D eigenvalue weighted by atomic mass is 10.1. The highest BCUT2D eigenvalue weighted by Crippen LogP contribution is 2.20. The van der Waals surface area contributed by atoms with Crippen molar-refractivity contribution in [3.8, 4) is 11.8 Å². The van der Waals surface area contributed by atoms with Crippen molar-refractivity contribution in [2.24, 2.45) is 0 Å². The Balaban J connectivity index is 3.15. The highest BCUT2D eigenvalue weighted by Gasteiger charge is 2.12. The molecule has 0 heterocycles. The van der Waals surface area contributed by atoms with E-state index in [0.29, 0.717) is 12.1 Å². The first-order valence-electron chi connectivity index (χ1n) is 4.54. The minimum atomic E-state index is -0.406. The lowest BCUT2D eigenvalue weighted by Crippen LogP contribution is -2.04. The molecule has 1 N–H and O–H groups in total. The molecule has 1 aromatic carbocycles. The Morgan fingerprint density at radius 2 is 2.27 bits per heavy atom. The van der Waals surface area contributed by atoms with Crippen molar-refractivity contribution < 1.29 is 4.92 Å². The summed E-state index contributed by atoms with van der Waals surface area (Å²) in [6.45, 7) is 2.34. The molecule has 0 aliphatic heterocycles. The van der Waals surface area contributed by atoms with Crippen LogP contribution in [0.25, 0.3) is 0 Å². The number of benzene rings is 1. The van der Waals surface area contributed by atoms with Crippen LogP contribution in [0.3, 0.4) is 0 Å². The number of aryl methyl sites for hydroxylation is 1. The van der Waals surface area contributed by atoms with Crippen LogP contribution in [0.4, 0.5) is 5.69 Å². The number of nitro benzene ring substituents is 1. The van der Waals surface area contributed by atoms with Crippen LogP contribution in [0.1, 0.15) is 11.1 Å². The molecule has 0 atom stereocenters. The second-order valence-corrected chi connectivity index (χ2v) is 3.06. The van der Waals surface area contributed by atoms with Crippen LogP contribution < -0.4 is 5.32 Å². The molecular formula is C11H12N2O2. The van der Waals surface area contributed by atoms with Gasteiger partial charge in [0.15, 0.2) is 0 Å². The Hall–Kier alpha value is -1.86. The molecule has 0 fully saturated rings. The van der Waals surface area contributed by atoms with E-state index in [9.17, 15) is 10.1 Å². The number of nitrogens with one attached hydrogen (secondary N) is 1. The minimum Gasteiger partial charge on any atom is -0.309 e. The Morgan fingerprint density at radius 1 is 1.53 bits per heavy atom. The first-order chi connectivity index (χ1) is 7.16. The Labute approximate surface area is 88.5 Å². The third-order valence-electron chi connectivity index (χ3n) is 1.93. The van der Waals surface area contributed by atoms with E-state index < -0.39 is 4.92 Å². The van der Waals surface area contributed by atoms with Crippen LogP contribution in [-0.4, -0.2) is 18.5 Å². The van der Waals surface area contributed by atoms with Gasteiger partial charge in [0.2, 0.25) is 0 Å². The predicted octanol–water partition coefficient (Wildman–Crippen LogP) is 1.47. The normalized spacial score (nSPS) is 9.20. The fourth-order valence-electron chi connectivity index (χ4n) is 1.19. The highest BCUT2D eigenvalue weighted by molar-refractivity contribution is 5.55. The quantitative estimate of drug-likeness (QED) is 0.451. The maximum atomic E-state index is 10.7. The molecule has 0 aliphatic rings. The van der Waals surface area contributed by atoms with Gasteiger partial charge in [0.1, 0.15) is 5.56 Å². The zero-order valence-corrected chi connectivity index (χ0v) is 8.70. The zero-order valence-electron chi connectivity index (χ0n) is 8.70. The van der Waals surface area contributed by atoms with E-state index >= 15 is 0 Å². The summed E-state index contributed by atoms with van der Waals surface area (Å²) in [5, 5.41) is 13.6. The van der Waals surface area contributed by atoms with E-state index in [1.54, 1.807) is 13.1 Å². The van der Waals surface area contributed by atoms with Gasteiger partial charge in [-0.25, -0.2) is 0 Å². The molecule has 0 bridgehead atoms. The summed E-state index contributed by atoms with van der Waals surface area (Å²) >= 11 is 0. The van der Waals surface area contributed by atoms with E-state index in [0.717, 1.165) is 5.56 Å². The molecule has 0 radical (unpaired) electrons. The topological polar surface area (TPSA) is 55.2 Å². The van der Waals surface area contributed by atoms with Crippen molar-refractivity contribution in [3.63, 3.8) is 0 Å². The molecule has 4 nitrogen and oxygen atoms in total. The summed E-state index contributed by atoms with van der Waals surface area (Å²) < 4.78 is 0. The molecule has 15 heavy (non-hydrogen) atoms. The van der Waals surface area contributed by atoms with Crippen molar-refractivity contribution >= 4 is 5.69 Å². The molecule has 0 spiro atoms. The number of rotatable bonds is 2. The summed E-state index contributed by atoms with van der Waals surface area (Å²) in [5.74, 6) is 5.63. The van der Waals surface area contributed by atoms with Crippen LogP contribution in [0.5, 0.6) is 0 Å². The Bertz CT molecular complexity index is 430. The summed E-state index contributed by atoms with van der Waals surface area (Å²) in [5.41, 5.74) is 1.39. The standard InChI is InChI=1S/C11H12N2O2/c1-9-5-3-7-11(13(14)15)10(9)6-4-8-12-2/h3,5,7,12H,8H2,1-2H3. The van der Waals surface area contributed by atoms with Crippen LogP contribution in [0.15, 0.2) is 18.2 Å². The van der Waals surface area contributed by atoms with Crippen molar-refractivity contribution in [1.29, 1.82) is 0 Å². The largest absolute Gasteiger partial charge is 0.309 e. The van der Waals surface area contributed by atoms with E-state index in [4.69, 9.17) is 0 Å². The highest BCUT2D eigenvalue weighted by atomic mass is 16.6. The smallest absolute Gasteiger partial charge is 0.285 e. The van der Waals surface area contributed by atoms with Crippen molar-refractivity contribution in [2.45, 2.75) is 6.92 Å². The van der Waals surface area contributed by atoms with Crippen molar-refractivity contribution in [3.05, 3.63) is 39.4 Å². The van der Waals surface area contributed by atoms with E-state index in [1.807, 2.05) is 13.0 Å². The second-order valence-electron chi connectivity index (χ2n) is 3.06. The maximum absolute atomic E-state index is 10.7. The van der Waals surface area contributed by atoms with Gasteiger partial charge < -0.3 is 5.32 Å². The molecule has 0 amide bonds. The fourth-order valence-corrected chi connectivity index (χ4v) is 1.19.